The molecular formula is C7H13NO. The lowest BCUT2D eigenvalue weighted by Gasteiger charge is -2.09. The maximum atomic E-state index is 8.71. The summed E-state index contributed by atoms with van der Waals surface area (Å²) in [6.07, 6.45) is 4.93. The van der Waals surface area contributed by atoms with Crippen LogP contribution in [0.4, 0.5) is 0 Å². The Labute approximate surface area is 55.6 Å². The van der Waals surface area contributed by atoms with Crippen LogP contribution in [0.1, 0.15) is 25.7 Å². The second-order valence-corrected chi connectivity index (χ2v) is 2.57. The first-order valence-electron chi connectivity index (χ1n) is 3.43. The Hall–Kier alpha value is -0.660. The minimum absolute atomic E-state index is 0.113. The number of hydrogen-bond donors (Lipinski definition) is 2. The normalized spacial score (nSPS) is 20.0. The zero-order valence-electron chi connectivity index (χ0n) is 5.56. The van der Waals surface area contributed by atoms with Gasteiger partial charge in [0.1, 0.15) is 0 Å². The SMILES string of the molecule is C=C(O)NC1CCCC1. The van der Waals surface area contributed by atoms with Gasteiger partial charge in [0.25, 0.3) is 0 Å². The molecule has 1 aliphatic rings. The van der Waals surface area contributed by atoms with E-state index in [-0.39, 0.29) is 5.88 Å². The molecule has 1 saturated carbocycles. The van der Waals surface area contributed by atoms with Gasteiger partial charge in [0.15, 0.2) is 5.88 Å². The summed E-state index contributed by atoms with van der Waals surface area (Å²) < 4.78 is 0. The summed E-state index contributed by atoms with van der Waals surface area (Å²) in [6, 6.07) is 0.488. The second kappa shape index (κ2) is 2.76. The third-order valence-corrected chi connectivity index (χ3v) is 1.73. The van der Waals surface area contributed by atoms with Gasteiger partial charge in [0, 0.05) is 6.04 Å². The molecule has 0 amide bonds. The van der Waals surface area contributed by atoms with Crippen LogP contribution in [0.5, 0.6) is 0 Å². The molecule has 0 saturated heterocycles. The molecule has 0 atom stereocenters. The number of hydrogen-bond acceptors (Lipinski definition) is 2. The van der Waals surface area contributed by atoms with E-state index in [9.17, 15) is 0 Å². The Bertz CT molecular complexity index is 105. The van der Waals surface area contributed by atoms with Crippen molar-refractivity contribution in [2.75, 3.05) is 0 Å². The molecule has 0 aromatic carbocycles. The topological polar surface area (TPSA) is 32.3 Å². The summed E-state index contributed by atoms with van der Waals surface area (Å²) in [4.78, 5) is 0. The highest BCUT2D eigenvalue weighted by Crippen LogP contribution is 2.17. The van der Waals surface area contributed by atoms with Crippen LogP contribution in [0.3, 0.4) is 0 Å². The van der Waals surface area contributed by atoms with Crippen LogP contribution < -0.4 is 5.32 Å². The fourth-order valence-corrected chi connectivity index (χ4v) is 1.31. The molecule has 0 radical (unpaired) electrons. The average molecular weight is 127 g/mol. The molecule has 0 heterocycles. The molecule has 2 N–H and O–H groups in total. The maximum Gasteiger partial charge on any atom is 0.176 e. The van der Waals surface area contributed by atoms with Crippen molar-refractivity contribution < 1.29 is 5.11 Å². The molecule has 2 nitrogen and oxygen atoms in total. The van der Waals surface area contributed by atoms with E-state index in [0.717, 1.165) is 0 Å². The predicted octanol–water partition coefficient (Wildman–Crippen LogP) is 1.55. The van der Waals surface area contributed by atoms with Crippen molar-refractivity contribution in [1.29, 1.82) is 0 Å². The van der Waals surface area contributed by atoms with Gasteiger partial charge in [-0.05, 0) is 19.4 Å². The van der Waals surface area contributed by atoms with Gasteiger partial charge in [-0.3, -0.25) is 0 Å². The van der Waals surface area contributed by atoms with Crippen LogP contribution in [0.2, 0.25) is 0 Å². The summed E-state index contributed by atoms with van der Waals surface area (Å²) in [5.41, 5.74) is 0. The molecule has 0 aromatic rings. The Morgan fingerprint density at radius 2 is 2.00 bits per heavy atom. The van der Waals surface area contributed by atoms with Gasteiger partial charge in [-0.15, -0.1) is 0 Å². The lowest BCUT2D eigenvalue weighted by Crippen LogP contribution is -2.24. The quantitative estimate of drug-likeness (QED) is 0.551. The summed E-state index contributed by atoms with van der Waals surface area (Å²) in [6.45, 7) is 3.36. The first kappa shape index (κ1) is 6.46. The van der Waals surface area contributed by atoms with Gasteiger partial charge < -0.3 is 10.4 Å². The largest absolute Gasteiger partial charge is 0.495 e. The van der Waals surface area contributed by atoms with Crippen LogP contribution in [-0.4, -0.2) is 11.1 Å². The third kappa shape index (κ3) is 1.96. The molecule has 0 bridgehead atoms. The molecule has 1 aliphatic carbocycles. The highest BCUT2D eigenvalue weighted by molar-refractivity contribution is 4.84. The zero-order valence-corrected chi connectivity index (χ0v) is 5.56. The number of nitrogens with one attached hydrogen (secondary N) is 1. The summed E-state index contributed by atoms with van der Waals surface area (Å²) >= 11 is 0. The molecule has 1 rings (SSSR count). The van der Waals surface area contributed by atoms with Crippen molar-refractivity contribution in [3.8, 4) is 0 Å². The lowest BCUT2D eigenvalue weighted by atomic mass is 10.2. The van der Waals surface area contributed by atoms with E-state index in [1.807, 2.05) is 0 Å². The van der Waals surface area contributed by atoms with Crippen LogP contribution >= 0.6 is 0 Å². The average Bonchev–Trinajstić information content (AvgIpc) is 2.15. The number of rotatable bonds is 2. The molecule has 0 unspecified atom stereocenters. The molecule has 52 valence electrons. The highest BCUT2D eigenvalue weighted by Gasteiger charge is 2.13. The van der Waals surface area contributed by atoms with E-state index < -0.39 is 0 Å². The van der Waals surface area contributed by atoms with Gasteiger partial charge in [-0.25, -0.2) is 0 Å². The van der Waals surface area contributed by atoms with Crippen LogP contribution in [-0.2, 0) is 0 Å². The van der Waals surface area contributed by atoms with E-state index in [2.05, 4.69) is 11.9 Å². The zero-order chi connectivity index (χ0) is 6.69. The Morgan fingerprint density at radius 3 is 2.44 bits per heavy atom. The van der Waals surface area contributed by atoms with Crippen molar-refractivity contribution in [2.24, 2.45) is 0 Å². The molecule has 9 heavy (non-hydrogen) atoms. The van der Waals surface area contributed by atoms with E-state index in [1.165, 1.54) is 25.7 Å². The van der Waals surface area contributed by atoms with Crippen LogP contribution in [0, 0.1) is 0 Å². The first-order valence-corrected chi connectivity index (χ1v) is 3.43. The predicted molar refractivity (Wildman–Crippen MR) is 37.2 cm³/mol. The number of aliphatic hydroxyl groups is 1. The van der Waals surface area contributed by atoms with Crippen LogP contribution in [0.15, 0.2) is 12.5 Å². The van der Waals surface area contributed by atoms with Gasteiger partial charge in [0.2, 0.25) is 0 Å². The first-order chi connectivity index (χ1) is 4.29. The van der Waals surface area contributed by atoms with Crippen molar-refractivity contribution in [3.63, 3.8) is 0 Å². The van der Waals surface area contributed by atoms with Gasteiger partial charge >= 0.3 is 0 Å². The van der Waals surface area contributed by atoms with E-state index >= 15 is 0 Å². The molecule has 0 spiro atoms. The Balaban J connectivity index is 2.19. The second-order valence-electron chi connectivity index (χ2n) is 2.57. The van der Waals surface area contributed by atoms with Gasteiger partial charge in [-0.1, -0.05) is 12.8 Å². The smallest absolute Gasteiger partial charge is 0.176 e. The van der Waals surface area contributed by atoms with E-state index in [0.29, 0.717) is 6.04 Å². The molecule has 0 aliphatic heterocycles. The van der Waals surface area contributed by atoms with E-state index in [4.69, 9.17) is 5.11 Å². The minimum Gasteiger partial charge on any atom is -0.495 e. The minimum atomic E-state index is 0.113. The van der Waals surface area contributed by atoms with Crippen molar-refractivity contribution in [2.45, 2.75) is 31.7 Å². The standard InChI is InChI=1S/C7H13NO/c1-6(9)8-7-4-2-3-5-7/h7-9H,1-5H2. The van der Waals surface area contributed by atoms with Crippen molar-refractivity contribution in [1.82, 2.24) is 5.32 Å². The molecule has 1 fully saturated rings. The van der Waals surface area contributed by atoms with E-state index in [1.54, 1.807) is 0 Å². The van der Waals surface area contributed by atoms with Crippen molar-refractivity contribution in [3.05, 3.63) is 12.5 Å². The molecular weight excluding hydrogens is 114 g/mol. The summed E-state index contributed by atoms with van der Waals surface area (Å²) in [5, 5.41) is 11.6. The fraction of sp³-hybridized carbons (Fsp3) is 0.714. The molecule has 0 aromatic heterocycles. The molecule has 2 heteroatoms. The maximum absolute atomic E-state index is 8.71. The Morgan fingerprint density at radius 1 is 1.44 bits per heavy atom. The third-order valence-electron chi connectivity index (χ3n) is 1.73. The van der Waals surface area contributed by atoms with Crippen molar-refractivity contribution >= 4 is 0 Å². The highest BCUT2D eigenvalue weighted by atomic mass is 16.3. The van der Waals surface area contributed by atoms with Crippen LogP contribution in [0.25, 0.3) is 0 Å². The Kier molecular flexibility index (Phi) is 1.98. The fourth-order valence-electron chi connectivity index (χ4n) is 1.31. The monoisotopic (exact) mass is 127 g/mol. The van der Waals surface area contributed by atoms with Gasteiger partial charge in [0.05, 0.1) is 0 Å². The lowest BCUT2D eigenvalue weighted by molar-refractivity contribution is 0.343. The summed E-state index contributed by atoms with van der Waals surface area (Å²) in [7, 11) is 0. The summed E-state index contributed by atoms with van der Waals surface area (Å²) in [5.74, 6) is 0.113. The van der Waals surface area contributed by atoms with Gasteiger partial charge in [-0.2, -0.15) is 0 Å². The number of aliphatic hydroxyl groups excluding tert-OH is 1.